The van der Waals surface area contributed by atoms with E-state index in [9.17, 15) is 4.79 Å². The maximum absolute atomic E-state index is 12.2. The van der Waals surface area contributed by atoms with Gasteiger partial charge in [0.05, 0.1) is 11.6 Å². The Labute approximate surface area is 122 Å². The highest BCUT2D eigenvalue weighted by atomic mass is 16.2. The van der Waals surface area contributed by atoms with Gasteiger partial charge in [0.1, 0.15) is 0 Å². The van der Waals surface area contributed by atoms with Crippen LogP contribution in [0.4, 0.5) is 0 Å². The Hall–Kier alpha value is -1.39. The summed E-state index contributed by atoms with van der Waals surface area (Å²) in [6.45, 7) is 4.46. The number of carbonyl (C=O) groups excluding carboxylic acids is 1. The van der Waals surface area contributed by atoms with Gasteiger partial charge in [0.2, 0.25) is 5.91 Å². The molecular weight excluding hydrogens is 250 g/mol. The molecule has 20 heavy (non-hydrogen) atoms. The van der Waals surface area contributed by atoms with E-state index in [-0.39, 0.29) is 11.9 Å². The SMILES string of the molecule is CCC(N)(CC)C(=O)NCC(c1ccccc1)N(C)C. The molecule has 3 N–H and O–H groups in total. The van der Waals surface area contributed by atoms with E-state index in [0.717, 1.165) is 0 Å². The van der Waals surface area contributed by atoms with Crippen molar-refractivity contribution in [1.82, 2.24) is 10.2 Å². The molecule has 1 aromatic rings. The Balaban J connectivity index is 2.72. The molecule has 1 rings (SSSR count). The second-order valence-corrected chi connectivity index (χ2v) is 5.46. The van der Waals surface area contributed by atoms with Gasteiger partial charge in [-0.15, -0.1) is 0 Å². The predicted molar refractivity (Wildman–Crippen MR) is 83.4 cm³/mol. The largest absolute Gasteiger partial charge is 0.353 e. The van der Waals surface area contributed by atoms with Crippen LogP contribution in [0.1, 0.15) is 38.3 Å². The van der Waals surface area contributed by atoms with Gasteiger partial charge in [0, 0.05) is 6.54 Å². The summed E-state index contributed by atoms with van der Waals surface area (Å²) in [6.07, 6.45) is 1.29. The van der Waals surface area contributed by atoms with E-state index in [2.05, 4.69) is 22.3 Å². The minimum Gasteiger partial charge on any atom is -0.353 e. The van der Waals surface area contributed by atoms with E-state index in [0.29, 0.717) is 19.4 Å². The summed E-state index contributed by atoms with van der Waals surface area (Å²) in [7, 11) is 4.03. The third-order valence-corrected chi connectivity index (χ3v) is 3.98. The molecule has 1 unspecified atom stereocenters. The van der Waals surface area contributed by atoms with Crippen LogP contribution < -0.4 is 11.1 Å². The summed E-state index contributed by atoms with van der Waals surface area (Å²) in [4.78, 5) is 14.3. The molecule has 1 atom stereocenters. The van der Waals surface area contributed by atoms with E-state index >= 15 is 0 Å². The first-order valence-electron chi connectivity index (χ1n) is 7.23. The zero-order valence-electron chi connectivity index (χ0n) is 13.0. The molecular formula is C16H27N3O. The molecule has 0 saturated carbocycles. The highest BCUT2D eigenvalue weighted by Crippen LogP contribution is 2.18. The van der Waals surface area contributed by atoms with Crippen LogP contribution >= 0.6 is 0 Å². The van der Waals surface area contributed by atoms with Crippen molar-refractivity contribution in [1.29, 1.82) is 0 Å². The summed E-state index contributed by atoms with van der Waals surface area (Å²) in [5, 5.41) is 3.00. The molecule has 0 fully saturated rings. The summed E-state index contributed by atoms with van der Waals surface area (Å²) in [6, 6.07) is 10.3. The van der Waals surface area contributed by atoms with Crippen molar-refractivity contribution in [3.8, 4) is 0 Å². The molecule has 0 saturated heterocycles. The number of nitrogens with two attached hydrogens (primary N) is 1. The van der Waals surface area contributed by atoms with Crippen LogP contribution in [0.15, 0.2) is 30.3 Å². The van der Waals surface area contributed by atoms with Crippen LogP contribution in [0.2, 0.25) is 0 Å². The van der Waals surface area contributed by atoms with E-state index in [1.807, 2.05) is 46.1 Å². The first kappa shape index (κ1) is 16.7. The number of nitrogens with zero attached hydrogens (tertiary/aromatic N) is 1. The number of hydrogen-bond donors (Lipinski definition) is 2. The zero-order chi connectivity index (χ0) is 15.2. The van der Waals surface area contributed by atoms with Gasteiger partial charge < -0.3 is 16.0 Å². The summed E-state index contributed by atoms with van der Waals surface area (Å²) in [5.74, 6) is -0.0646. The topological polar surface area (TPSA) is 58.4 Å². The molecule has 0 heterocycles. The van der Waals surface area contributed by atoms with Gasteiger partial charge in [-0.05, 0) is 32.5 Å². The average Bonchev–Trinajstić information content (AvgIpc) is 2.47. The fourth-order valence-corrected chi connectivity index (χ4v) is 2.21. The molecule has 4 nitrogen and oxygen atoms in total. The highest BCUT2D eigenvalue weighted by Gasteiger charge is 2.30. The first-order valence-corrected chi connectivity index (χ1v) is 7.23. The lowest BCUT2D eigenvalue weighted by Gasteiger charge is -2.29. The van der Waals surface area contributed by atoms with E-state index in [1.54, 1.807) is 0 Å². The average molecular weight is 277 g/mol. The van der Waals surface area contributed by atoms with Crippen LogP contribution in [0.25, 0.3) is 0 Å². The van der Waals surface area contributed by atoms with Crippen molar-refractivity contribution in [3.63, 3.8) is 0 Å². The molecule has 1 aromatic carbocycles. The minimum atomic E-state index is -0.756. The molecule has 1 amide bonds. The molecule has 0 aliphatic rings. The summed E-state index contributed by atoms with van der Waals surface area (Å²) in [5.41, 5.74) is 6.55. The summed E-state index contributed by atoms with van der Waals surface area (Å²) >= 11 is 0. The lowest BCUT2D eigenvalue weighted by molar-refractivity contribution is -0.126. The van der Waals surface area contributed by atoms with Crippen molar-refractivity contribution in [2.75, 3.05) is 20.6 Å². The number of likely N-dealkylation sites (N-methyl/N-ethyl adjacent to an activating group) is 1. The Bertz CT molecular complexity index is 413. The molecule has 0 bridgehead atoms. The van der Waals surface area contributed by atoms with Gasteiger partial charge in [-0.25, -0.2) is 0 Å². The molecule has 0 aliphatic heterocycles. The number of carbonyl (C=O) groups is 1. The maximum Gasteiger partial charge on any atom is 0.240 e. The Kier molecular flexibility index (Phi) is 6.17. The third kappa shape index (κ3) is 4.05. The van der Waals surface area contributed by atoms with Crippen molar-refractivity contribution < 1.29 is 4.79 Å². The minimum absolute atomic E-state index is 0.0646. The van der Waals surface area contributed by atoms with Crippen molar-refractivity contribution in [2.24, 2.45) is 5.73 Å². The van der Waals surface area contributed by atoms with Gasteiger partial charge in [0.25, 0.3) is 0 Å². The van der Waals surface area contributed by atoms with Crippen LogP contribution in [0.5, 0.6) is 0 Å². The molecule has 0 aliphatic carbocycles. The maximum atomic E-state index is 12.2. The smallest absolute Gasteiger partial charge is 0.240 e. The van der Waals surface area contributed by atoms with Crippen molar-refractivity contribution >= 4 is 5.91 Å². The Morgan fingerprint density at radius 3 is 2.25 bits per heavy atom. The lowest BCUT2D eigenvalue weighted by atomic mass is 9.93. The van der Waals surface area contributed by atoms with Crippen molar-refractivity contribution in [2.45, 2.75) is 38.3 Å². The van der Waals surface area contributed by atoms with Crippen molar-refractivity contribution in [3.05, 3.63) is 35.9 Å². The number of amides is 1. The monoisotopic (exact) mass is 277 g/mol. The van der Waals surface area contributed by atoms with E-state index in [4.69, 9.17) is 5.73 Å². The van der Waals surface area contributed by atoms with Gasteiger partial charge >= 0.3 is 0 Å². The van der Waals surface area contributed by atoms with E-state index in [1.165, 1.54) is 5.56 Å². The molecule has 0 aromatic heterocycles. The lowest BCUT2D eigenvalue weighted by Crippen LogP contribution is -2.54. The van der Waals surface area contributed by atoms with Gasteiger partial charge in [-0.1, -0.05) is 44.2 Å². The fraction of sp³-hybridized carbons (Fsp3) is 0.562. The van der Waals surface area contributed by atoms with Crippen LogP contribution in [0, 0.1) is 0 Å². The second kappa shape index (κ2) is 7.41. The second-order valence-electron chi connectivity index (χ2n) is 5.46. The Morgan fingerprint density at radius 1 is 1.25 bits per heavy atom. The number of hydrogen-bond acceptors (Lipinski definition) is 3. The predicted octanol–water partition coefficient (Wildman–Crippen LogP) is 1.92. The number of benzene rings is 1. The third-order valence-electron chi connectivity index (χ3n) is 3.98. The Morgan fingerprint density at radius 2 is 1.80 bits per heavy atom. The fourth-order valence-electron chi connectivity index (χ4n) is 2.21. The zero-order valence-corrected chi connectivity index (χ0v) is 13.0. The first-order chi connectivity index (χ1) is 9.44. The van der Waals surface area contributed by atoms with E-state index < -0.39 is 5.54 Å². The van der Waals surface area contributed by atoms with Crippen LogP contribution in [-0.2, 0) is 4.79 Å². The quantitative estimate of drug-likeness (QED) is 0.800. The molecule has 112 valence electrons. The normalized spacial score (nSPS) is 13.3. The van der Waals surface area contributed by atoms with Gasteiger partial charge in [-0.2, -0.15) is 0 Å². The molecule has 4 heteroatoms. The van der Waals surface area contributed by atoms with Gasteiger partial charge in [-0.3, -0.25) is 4.79 Å². The van der Waals surface area contributed by atoms with Crippen LogP contribution in [-0.4, -0.2) is 37.0 Å². The summed E-state index contributed by atoms with van der Waals surface area (Å²) < 4.78 is 0. The highest BCUT2D eigenvalue weighted by molar-refractivity contribution is 5.85. The van der Waals surface area contributed by atoms with Crippen LogP contribution in [0.3, 0.4) is 0 Å². The number of rotatable bonds is 7. The molecule has 0 spiro atoms. The standard InChI is InChI=1S/C16H27N3O/c1-5-16(17,6-2)15(20)18-12-14(19(3)4)13-10-8-7-9-11-13/h7-11,14H,5-6,12,17H2,1-4H3,(H,18,20). The van der Waals surface area contributed by atoms with Gasteiger partial charge in [0.15, 0.2) is 0 Å². The molecule has 0 radical (unpaired) electrons. The number of nitrogens with one attached hydrogen (secondary N) is 1.